The van der Waals surface area contributed by atoms with E-state index < -0.39 is 0 Å². The van der Waals surface area contributed by atoms with Crippen LogP contribution in [-0.4, -0.2) is 25.4 Å². The molecule has 0 N–H and O–H groups in total. The molecule has 0 unspecified atom stereocenters. The van der Waals surface area contributed by atoms with E-state index in [4.69, 9.17) is 4.52 Å². The van der Waals surface area contributed by atoms with E-state index in [1.807, 2.05) is 48.5 Å². The predicted octanol–water partition coefficient (Wildman–Crippen LogP) is 2.47. The molecular formula is C14H9N5O. The number of fused-ring (bicyclic) bond motifs is 1. The van der Waals surface area contributed by atoms with Crippen LogP contribution in [0.5, 0.6) is 0 Å². The average molecular weight is 263 g/mol. The molecule has 0 aliphatic carbocycles. The Morgan fingerprint density at radius 2 is 1.90 bits per heavy atom. The molecule has 0 saturated heterocycles. The lowest BCUT2D eigenvalue weighted by Crippen LogP contribution is -1.94. The van der Waals surface area contributed by atoms with E-state index in [-0.39, 0.29) is 0 Å². The van der Waals surface area contributed by atoms with Crippen molar-refractivity contribution >= 4 is 10.9 Å². The number of hydrogen-bond donors (Lipinski definition) is 0. The van der Waals surface area contributed by atoms with Crippen molar-refractivity contribution in [1.29, 1.82) is 0 Å². The van der Waals surface area contributed by atoms with Crippen molar-refractivity contribution in [3.63, 3.8) is 0 Å². The minimum Gasteiger partial charge on any atom is -0.355 e. The largest absolute Gasteiger partial charge is 0.355 e. The molecular weight excluding hydrogens is 254 g/mol. The lowest BCUT2D eigenvalue weighted by atomic mass is 10.1. The maximum Gasteiger partial charge on any atom is 0.174 e. The SMILES string of the molecule is c1ccc(-c2onc3ccc(-n4cnnn4)cc23)cc1. The third kappa shape index (κ3) is 1.66. The first-order valence-corrected chi connectivity index (χ1v) is 6.10. The highest BCUT2D eigenvalue weighted by atomic mass is 16.5. The molecule has 0 fully saturated rings. The number of hydrogen-bond acceptors (Lipinski definition) is 5. The number of aromatic nitrogens is 5. The van der Waals surface area contributed by atoms with Crippen LogP contribution < -0.4 is 0 Å². The standard InChI is InChI=1S/C14H9N5O/c1-2-4-10(5-3-1)14-12-8-11(19-9-15-17-18-19)6-7-13(12)16-20-14/h1-9H. The summed E-state index contributed by atoms with van der Waals surface area (Å²) < 4.78 is 7.06. The van der Waals surface area contributed by atoms with Crippen LogP contribution >= 0.6 is 0 Å². The molecule has 0 aliphatic rings. The number of tetrazole rings is 1. The van der Waals surface area contributed by atoms with Crippen molar-refractivity contribution in [2.45, 2.75) is 0 Å². The number of rotatable bonds is 2. The van der Waals surface area contributed by atoms with E-state index >= 15 is 0 Å². The van der Waals surface area contributed by atoms with Gasteiger partial charge >= 0.3 is 0 Å². The zero-order valence-electron chi connectivity index (χ0n) is 10.3. The molecule has 4 rings (SSSR count). The van der Waals surface area contributed by atoms with Crippen LogP contribution in [0.1, 0.15) is 0 Å². The first-order chi connectivity index (χ1) is 9.92. The molecule has 0 atom stereocenters. The van der Waals surface area contributed by atoms with Crippen molar-refractivity contribution in [2.75, 3.05) is 0 Å². The highest BCUT2D eigenvalue weighted by molar-refractivity contribution is 5.92. The smallest absolute Gasteiger partial charge is 0.174 e. The Bertz CT molecular complexity index is 852. The zero-order chi connectivity index (χ0) is 13.4. The zero-order valence-corrected chi connectivity index (χ0v) is 10.3. The van der Waals surface area contributed by atoms with E-state index in [0.717, 1.165) is 27.9 Å². The molecule has 0 amide bonds. The molecule has 4 aromatic rings. The van der Waals surface area contributed by atoms with Gasteiger partial charge in [0.1, 0.15) is 11.8 Å². The minimum absolute atomic E-state index is 0.746. The van der Waals surface area contributed by atoms with Gasteiger partial charge in [-0.15, -0.1) is 5.10 Å². The molecule has 6 heteroatoms. The van der Waals surface area contributed by atoms with E-state index in [2.05, 4.69) is 20.7 Å². The molecule has 2 aromatic carbocycles. The number of benzene rings is 2. The Kier molecular flexibility index (Phi) is 2.32. The highest BCUT2D eigenvalue weighted by Crippen LogP contribution is 2.29. The van der Waals surface area contributed by atoms with Crippen molar-refractivity contribution in [2.24, 2.45) is 0 Å². The fourth-order valence-corrected chi connectivity index (χ4v) is 2.15. The summed E-state index contributed by atoms with van der Waals surface area (Å²) in [5.41, 5.74) is 2.66. The summed E-state index contributed by atoms with van der Waals surface area (Å²) >= 11 is 0. The third-order valence-corrected chi connectivity index (χ3v) is 3.11. The normalized spacial score (nSPS) is 11.0. The van der Waals surface area contributed by atoms with E-state index in [9.17, 15) is 0 Å². The second-order valence-electron chi connectivity index (χ2n) is 4.33. The summed E-state index contributed by atoms with van der Waals surface area (Å²) in [4.78, 5) is 0. The highest BCUT2D eigenvalue weighted by Gasteiger charge is 2.11. The molecule has 0 saturated carbocycles. The van der Waals surface area contributed by atoms with Gasteiger partial charge in [-0.1, -0.05) is 35.5 Å². The molecule has 0 radical (unpaired) electrons. The van der Waals surface area contributed by atoms with E-state index in [1.165, 1.54) is 0 Å². The van der Waals surface area contributed by atoms with Gasteiger partial charge in [0.25, 0.3) is 0 Å². The summed E-state index contributed by atoms with van der Waals surface area (Å²) in [6.07, 6.45) is 1.55. The van der Waals surface area contributed by atoms with Gasteiger partial charge in [0.15, 0.2) is 5.76 Å². The summed E-state index contributed by atoms with van der Waals surface area (Å²) in [6.45, 7) is 0. The first kappa shape index (κ1) is 10.9. The Morgan fingerprint density at radius 3 is 2.70 bits per heavy atom. The van der Waals surface area contributed by atoms with Crippen molar-refractivity contribution in [1.82, 2.24) is 25.4 Å². The van der Waals surface area contributed by atoms with Crippen LogP contribution in [0, 0.1) is 0 Å². The molecule has 2 heterocycles. The van der Waals surface area contributed by atoms with E-state index in [1.54, 1.807) is 11.0 Å². The van der Waals surface area contributed by atoms with E-state index in [0.29, 0.717) is 0 Å². The predicted molar refractivity (Wildman–Crippen MR) is 72.2 cm³/mol. The average Bonchev–Trinajstić information content (AvgIpc) is 3.17. The fourth-order valence-electron chi connectivity index (χ4n) is 2.15. The van der Waals surface area contributed by atoms with Gasteiger partial charge in [-0.2, -0.15) is 0 Å². The molecule has 2 aromatic heterocycles. The van der Waals surface area contributed by atoms with Gasteiger partial charge in [0, 0.05) is 5.56 Å². The Labute approximate surface area is 113 Å². The maximum absolute atomic E-state index is 5.46. The van der Waals surface area contributed by atoms with Gasteiger partial charge in [0.05, 0.1) is 11.1 Å². The van der Waals surface area contributed by atoms with Crippen LogP contribution in [0.15, 0.2) is 59.4 Å². The summed E-state index contributed by atoms with van der Waals surface area (Å²) in [5.74, 6) is 0.746. The second-order valence-corrected chi connectivity index (χ2v) is 4.33. The Balaban J connectivity index is 1.93. The van der Waals surface area contributed by atoms with Crippen LogP contribution in [0.25, 0.3) is 27.9 Å². The summed E-state index contributed by atoms with van der Waals surface area (Å²) in [7, 11) is 0. The molecule has 0 aliphatic heterocycles. The molecule has 96 valence electrons. The van der Waals surface area contributed by atoms with Crippen molar-refractivity contribution in [3.05, 3.63) is 54.9 Å². The monoisotopic (exact) mass is 263 g/mol. The van der Waals surface area contributed by atoms with Gasteiger partial charge in [-0.3, -0.25) is 0 Å². The topological polar surface area (TPSA) is 69.6 Å². The molecule has 0 spiro atoms. The third-order valence-electron chi connectivity index (χ3n) is 3.11. The lowest BCUT2D eigenvalue weighted by molar-refractivity contribution is 0.441. The molecule has 6 nitrogen and oxygen atoms in total. The maximum atomic E-state index is 5.46. The minimum atomic E-state index is 0.746. The van der Waals surface area contributed by atoms with Crippen molar-refractivity contribution in [3.8, 4) is 17.0 Å². The lowest BCUT2D eigenvalue weighted by Gasteiger charge is -1.99. The quantitative estimate of drug-likeness (QED) is 0.555. The van der Waals surface area contributed by atoms with Crippen LogP contribution in [0.2, 0.25) is 0 Å². The first-order valence-electron chi connectivity index (χ1n) is 6.10. The van der Waals surface area contributed by atoms with Crippen LogP contribution in [-0.2, 0) is 0 Å². The van der Waals surface area contributed by atoms with Crippen LogP contribution in [0.4, 0.5) is 0 Å². The second kappa shape index (κ2) is 4.27. The number of nitrogens with zero attached hydrogens (tertiary/aromatic N) is 5. The van der Waals surface area contributed by atoms with Gasteiger partial charge in [-0.25, -0.2) is 4.68 Å². The Hall–Kier alpha value is -3.02. The summed E-state index contributed by atoms with van der Waals surface area (Å²) in [5, 5.41) is 16.2. The summed E-state index contributed by atoms with van der Waals surface area (Å²) in [6, 6.07) is 15.6. The van der Waals surface area contributed by atoms with Gasteiger partial charge < -0.3 is 4.52 Å². The molecule has 20 heavy (non-hydrogen) atoms. The van der Waals surface area contributed by atoms with Crippen LogP contribution in [0.3, 0.4) is 0 Å². The van der Waals surface area contributed by atoms with Gasteiger partial charge in [-0.05, 0) is 28.6 Å². The molecule has 0 bridgehead atoms. The Morgan fingerprint density at radius 1 is 1.00 bits per heavy atom. The fraction of sp³-hybridized carbons (Fsp3) is 0. The van der Waals surface area contributed by atoms with Crippen molar-refractivity contribution < 1.29 is 4.52 Å². The van der Waals surface area contributed by atoms with Gasteiger partial charge in [0.2, 0.25) is 0 Å².